The lowest BCUT2D eigenvalue weighted by Crippen LogP contribution is -2.31. The van der Waals surface area contributed by atoms with Gasteiger partial charge in [-0.1, -0.05) is 12.1 Å². The molecular formula is C13H17FN2O2. The molecule has 2 rings (SSSR count). The number of benzene rings is 1. The smallest absolute Gasteiger partial charge is 0.225 e. The standard InChI is InChI=1S/C13H17FN2O2/c14-12-7-10(8-15)1-2-11(12)9-16-4-6-18-5-3-13(16)17/h1-2,7H,3-6,8-9,15H2. The Labute approximate surface area is 106 Å². The van der Waals surface area contributed by atoms with Crippen molar-refractivity contribution in [3.8, 4) is 0 Å². The quantitative estimate of drug-likeness (QED) is 0.874. The summed E-state index contributed by atoms with van der Waals surface area (Å²) in [5.41, 5.74) is 6.72. The first-order chi connectivity index (χ1) is 8.70. The second-order valence-electron chi connectivity index (χ2n) is 4.31. The summed E-state index contributed by atoms with van der Waals surface area (Å²) in [4.78, 5) is 13.4. The van der Waals surface area contributed by atoms with E-state index >= 15 is 0 Å². The number of ether oxygens (including phenoxy) is 1. The third-order valence-electron chi connectivity index (χ3n) is 3.03. The van der Waals surface area contributed by atoms with Crippen LogP contribution in [0.4, 0.5) is 4.39 Å². The largest absolute Gasteiger partial charge is 0.379 e. The molecule has 0 aromatic heterocycles. The summed E-state index contributed by atoms with van der Waals surface area (Å²) in [6.07, 6.45) is 0.364. The van der Waals surface area contributed by atoms with Crippen molar-refractivity contribution in [3.05, 3.63) is 35.1 Å². The molecule has 0 spiro atoms. The predicted molar refractivity (Wildman–Crippen MR) is 65.1 cm³/mol. The monoisotopic (exact) mass is 252 g/mol. The molecule has 1 heterocycles. The Hall–Kier alpha value is -1.46. The Morgan fingerprint density at radius 3 is 2.94 bits per heavy atom. The topological polar surface area (TPSA) is 55.6 Å². The molecule has 1 aliphatic rings. The minimum atomic E-state index is -0.309. The van der Waals surface area contributed by atoms with Crippen LogP contribution in [0.2, 0.25) is 0 Å². The van der Waals surface area contributed by atoms with Gasteiger partial charge in [0.15, 0.2) is 0 Å². The lowest BCUT2D eigenvalue weighted by atomic mass is 10.1. The highest BCUT2D eigenvalue weighted by atomic mass is 19.1. The Morgan fingerprint density at radius 2 is 2.22 bits per heavy atom. The van der Waals surface area contributed by atoms with Crippen LogP contribution in [-0.2, 0) is 22.6 Å². The van der Waals surface area contributed by atoms with Crippen molar-refractivity contribution in [1.29, 1.82) is 0 Å². The lowest BCUT2D eigenvalue weighted by Gasteiger charge is -2.20. The van der Waals surface area contributed by atoms with E-state index in [2.05, 4.69) is 0 Å². The van der Waals surface area contributed by atoms with Crippen molar-refractivity contribution in [1.82, 2.24) is 4.90 Å². The highest BCUT2D eigenvalue weighted by molar-refractivity contribution is 5.76. The minimum Gasteiger partial charge on any atom is -0.379 e. The van der Waals surface area contributed by atoms with Crippen LogP contribution < -0.4 is 5.73 Å². The normalized spacial score (nSPS) is 16.8. The SMILES string of the molecule is NCc1ccc(CN2CCOCCC2=O)c(F)c1. The first-order valence-electron chi connectivity index (χ1n) is 6.03. The van der Waals surface area contributed by atoms with Gasteiger partial charge < -0.3 is 15.4 Å². The maximum absolute atomic E-state index is 13.8. The number of rotatable bonds is 3. The van der Waals surface area contributed by atoms with Gasteiger partial charge in [0.05, 0.1) is 19.6 Å². The number of carbonyl (C=O) groups excluding carboxylic acids is 1. The summed E-state index contributed by atoms with van der Waals surface area (Å²) >= 11 is 0. The number of hydrogen-bond acceptors (Lipinski definition) is 3. The first-order valence-corrected chi connectivity index (χ1v) is 6.03. The van der Waals surface area contributed by atoms with E-state index < -0.39 is 0 Å². The van der Waals surface area contributed by atoms with E-state index in [0.29, 0.717) is 44.8 Å². The van der Waals surface area contributed by atoms with Gasteiger partial charge in [0.25, 0.3) is 0 Å². The second kappa shape index (κ2) is 5.93. The molecule has 0 unspecified atom stereocenters. The van der Waals surface area contributed by atoms with Gasteiger partial charge in [0.2, 0.25) is 5.91 Å². The predicted octanol–water partition coefficient (Wildman–Crippen LogP) is 1.03. The Kier molecular flexibility index (Phi) is 4.28. The maximum Gasteiger partial charge on any atom is 0.225 e. The highest BCUT2D eigenvalue weighted by Gasteiger charge is 2.18. The average molecular weight is 252 g/mol. The van der Waals surface area contributed by atoms with Crippen molar-refractivity contribution >= 4 is 5.91 Å². The van der Waals surface area contributed by atoms with Crippen LogP contribution in [0.1, 0.15) is 17.5 Å². The van der Waals surface area contributed by atoms with Crippen molar-refractivity contribution in [2.24, 2.45) is 5.73 Å². The third-order valence-corrected chi connectivity index (χ3v) is 3.03. The second-order valence-corrected chi connectivity index (χ2v) is 4.31. The molecule has 1 fully saturated rings. The zero-order valence-corrected chi connectivity index (χ0v) is 10.2. The fraction of sp³-hybridized carbons (Fsp3) is 0.462. The molecule has 4 nitrogen and oxygen atoms in total. The number of hydrogen-bond donors (Lipinski definition) is 1. The molecule has 98 valence electrons. The lowest BCUT2D eigenvalue weighted by molar-refractivity contribution is -0.131. The zero-order valence-electron chi connectivity index (χ0n) is 10.2. The van der Waals surface area contributed by atoms with Crippen LogP contribution in [0, 0.1) is 5.82 Å². The number of amides is 1. The summed E-state index contributed by atoms with van der Waals surface area (Å²) in [6, 6.07) is 4.90. The summed E-state index contributed by atoms with van der Waals surface area (Å²) < 4.78 is 19.0. The number of halogens is 1. The highest BCUT2D eigenvalue weighted by Crippen LogP contribution is 2.14. The molecule has 1 aliphatic heterocycles. The minimum absolute atomic E-state index is 0.00908. The molecule has 0 radical (unpaired) electrons. The van der Waals surface area contributed by atoms with E-state index in [9.17, 15) is 9.18 Å². The van der Waals surface area contributed by atoms with Crippen molar-refractivity contribution in [2.45, 2.75) is 19.5 Å². The van der Waals surface area contributed by atoms with Gasteiger partial charge in [-0.15, -0.1) is 0 Å². The van der Waals surface area contributed by atoms with E-state index in [1.807, 2.05) is 0 Å². The van der Waals surface area contributed by atoms with E-state index in [-0.39, 0.29) is 11.7 Å². The molecular weight excluding hydrogens is 235 g/mol. The number of carbonyl (C=O) groups is 1. The van der Waals surface area contributed by atoms with Crippen LogP contribution in [-0.4, -0.2) is 30.6 Å². The molecule has 1 aromatic carbocycles. The van der Waals surface area contributed by atoms with Gasteiger partial charge in [-0.05, 0) is 11.6 Å². The summed E-state index contributed by atoms with van der Waals surface area (Å²) in [7, 11) is 0. The van der Waals surface area contributed by atoms with Gasteiger partial charge in [-0.2, -0.15) is 0 Å². The number of nitrogens with two attached hydrogens (primary N) is 1. The van der Waals surface area contributed by atoms with E-state index in [4.69, 9.17) is 10.5 Å². The average Bonchev–Trinajstić information content (AvgIpc) is 2.57. The van der Waals surface area contributed by atoms with Crippen molar-refractivity contribution < 1.29 is 13.9 Å². The van der Waals surface area contributed by atoms with Crippen LogP contribution in [0.5, 0.6) is 0 Å². The molecule has 2 N–H and O–H groups in total. The van der Waals surface area contributed by atoms with Gasteiger partial charge in [0.1, 0.15) is 5.82 Å². The van der Waals surface area contributed by atoms with Crippen LogP contribution in [0.25, 0.3) is 0 Å². The van der Waals surface area contributed by atoms with E-state index in [0.717, 1.165) is 5.56 Å². The van der Waals surface area contributed by atoms with Crippen molar-refractivity contribution in [2.75, 3.05) is 19.8 Å². The molecule has 5 heteroatoms. The fourth-order valence-electron chi connectivity index (χ4n) is 1.94. The molecule has 18 heavy (non-hydrogen) atoms. The molecule has 1 saturated heterocycles. The van der Waals surface area contributed by atoms with Gasteiger partial charge >= 0.3 is 0 Å². The zero-order chi connectivity index (χ0) is 13.0. The maximum atomic E-state index is 13.8. The summed E-state index contributed by atoms with van der Waals surface area (Å²) in [5, 5.41) is 0. The van der Waals surface area contributed by atoms with Crippen LogP contribution in [0.15, 0.2) is 18.2 Å². The summed E-state index contributed by atoms with van der Waals surface area (Å²) in [6.45, 7) is 2.07. The molecule has 1 amide bonds. The number of nitrogens with zero attached hydrogens (tertiary/aromatic N) is 1. The van der Waals surface area contributed by atoms with Gasteiger partial charge in [-0.25, -0.2) is 4.39 Å². The van der Waals surface area contributed by atoms with E-state index in [1.54, 1.807) is 17.0 Å². The first kappa shape index (κ1) is 13.0. The van der Waals surface area contributed by atoms with Gasteiger partial charge in [0, 0.05) is 25.2 Å². The van der Waals surface area contributed by atoms with Gasteiger partial charge in [-0.3, -0.25) is 4.79 Å². The molecule has 0 bridgehead atoms. The Balaban J connectivity index is 2.10. The van der Waals surface area contributed by atoms with Crippen LogP contribution >= 0.6 is 0 Å². The van der Waals surface area contributed by atoms with E-state index in [1.165, 1.54) is 6.07 Å². The molecule has 0 atom stereocenters. The Bertz CT molecular complexity index is 437. The Morgan fingerprint density at radius 1 is 1.39 bits per heavy atom. The fourth-order valence-corrected chi connectivity index (χ4v) is 1.94. The molecule has 0 saturated carbocycles. The van der Waals surface area contributed by atoms with Crippen molar-refractivity contribution in [3.63, 3.8) is 0 Å². The van der Waals surface area contributed by atoms with Crippen LogP contribution in [0.3, 0.4) is 0 Å². The molecule has 0 aliphatic carbocycles. The summed E-state index contributed by atoms with van der Waals surface area (Å²) in [5.74, 6) is -0.300. The molecule has 1 aromatic rings. The third kappa shape index (κ3) is 3.05.